The number of aryl methyl sites for hydroxylation is 1. The van der Waals surface area contributed by atoms with E-state index >= 15 is 0 Å². The molecule has 6 heterocycles. The predicted molar refractivity (Wildman–Crippen MR) is 328 cm³/mol. The van der Waals surface area contributed by atoms with E-state index in [2.05, 4.69) is 32.1 Å². The monoisotopic (exact) mass is 1370 g/mol. The van der Waals surface area contributed by atoms with Crippen molar-refractivity contribution in [2.24, 2.45) is 0 Å². The van der Waals surface area contributed by atoms with Crippen molar-refractivity contribution in [3.05, 3.63) is 241 Å². The number of unbranched alkanes of at least 4 members (excludes halogenated alkanes) is 3. The Hall–Kier alpha value is -10.3. The van der Waals surface area contributed by atoms with Crippen molar-refractivity contribution in [3.8, 4) is 34.2 Å². The van der Waals surface area contributed by atoms with Crippen LogP contribution in [0.3, 0.4) is 0 Å². The summed E-state index contributed by atoms with van der Waals surface area (Å²) in [6, 6.07) is 33.9. The molecule has 0 aliphatic carbocycles. The molecule has 9 aromatic rings. The summed E-state index contributed by atoms with van der Waals surface area (Å²) in [5.74, 6) is -1.37. The number of hydrogen-bond acceptors (Lipinski definition) is 13. The zero-order valence-corrected chi connectivity index (χ0v) is 50.5. The van der Waals surface area contributed by atoms with Crippen LogP contribution in [0.1, 0.15) is 92.7 Å². The summed E-state index contributed by atoms with van der Waals surface area (Å²) in [5.41, 5.74) is 7.89. The van der Waals surface area contributed by atoms with Gasteiger partial charge in [-0.15, -0.1) is 17.0 Å². The largest absolute Gasteiger partial charge is 2.00 e. The summed E-state index contributed by atoms with van der Waals surface area (Å²) in [6.45, 7) is 2.85. The first-order valence-electron chi connectivity index (χ1n) is 27.3. The minimum absolute atomic E-state index is 0. The maximum absolute atomic E-state index is 14.2. The third-order valence-electron chi connectivity index (χ3n) is 12.9. The number of aromatic nitrogens is 6. The van der Waals surface area contributed by atoms with Crippen molar-refractivity contribution < 1.29 is 87.6 Å². The fraction of sp³-hybridized carbons (Fsp3) is 0.119. The fourth-order valence-electron chi connectivity index (χ4n) is 8.64. The molecule has 9 rings (SSSR count). The average molecular weight is 1370 g/mol. The van der Waals surface area contributed by atoms with E-state index in [0.717, 1.165) is 30.6 Å². The first-order chi connectivity index (χ1) is 43.7. The van der Waals surface area contributed by atoms with Gasteiger partial charge in [0.2, 0.25) is 0 Å². The predicted octanol–water partition coefficient (Wildman–Crippen LogP) is 17.1. The Morgan fingerprint density at radius 1 is 0.576 bits per heavy atom. The topological polar surface area (TPSA) is 205 Å². The third-order valence-corrected chi connectivity index (χ3v) is 14.0. The molecule has 0 saturated carbocycles. The maximum Gasteiger partial charge on any atom is 2.00 e. The van der Waals surface area contributed by atoms with Gasteiger partial charge in [-0.2, -0.15) is 26.3 Å². The summed E-state index contributed by atoms with van der Waals surface area (Å²) in [5, 5.41) is 13.7. The molecule has 0 aliphatic heterocycles. The van der Waals surface area contributed by atoms with Gasteiger partial charge in [-0.3, -0.25) is 34.7 Å². The summed E-state index contributed by atoms with van der Waals surface area (Å²) in [4.78, 5) is 54.2. The summed E-state index contributed by atoms with van der Waals surface area (Å²) in [7, 11) is 0. The Labute approximate surface area is 537 Å². The van der Waals surface area contributed by atoms with Crippen LogP contribution < -0.4 is 5.10 Å². The number of thiophene rings is 1. The minimum atomic E-state index is -4.96. The number of alkyl halides is 6. The Balaban J connectivity index is 0.000000277. The molecule has 470 valence electrons. The molecule has 0 fully saturated rings. The molecule has 0 amide bonds. The van der Waals surface area contributed by atoms with Gasteiger partial charge >= 0.3 is 31.8 Å². The van der Waals surface area contributed by atoms with Crippen LogP contribution in [0.25, 0.3) is 93.3 Å². The van der Waals surface area contributed by atoms with Crippen LogP contribution in [0.15, 0.2) is 158 Å². The molecule has 0 bridgehead atoms. The number of pyridine rings is 4. The van der Waals surface area contributed by atoms with E-state index in [4.69, 9.17) is 30.3 Å². The number of ether oxygens (including phenoxy) is 3. The standard InChI is InChI=1S/C42H26F3N3O6.C25H23F6N5S.Ru/c43-33-7-1-4-30(21-33)40(52-24-49)18-27-10-12-46-36(14-27)38-16-29(20-42(54-26-51)32-6-3-9-35(45)23-32)17-39(48-38)37-15-28(11-13-47-37)19-41(53-25-50)31-5-2-8-34(44)22-31;1-2-3-4-5-6-16-9-10-17(37-16)8-7-15-11-19(18(32)13-22(33)24(26,27)28)34-20(12-15)21-14-23(36-35-21)25(29,30)31;/h1-26H;7-14,32-33H,2-6H2,1H3;/q;-2;+2/b40-18+,41-19+,42-20+;8-7+,18-13-,33-22?;. The van der Waals surface area contributed by atoms with E-state index in [-0.39, 0.29) is 78.8 Å². The van der Waals surface area contributed by atoms with Crippen LogP contribution in [0.2, 0.25) is 0 Å². The zero-order valence-electron chi connectivity index (χ0n) is 48.0. The Morgan fingerprint density at radius 3 is 1.54 bits per heavy atom. The van der Waals surface area contributed by atoms with Crippen molar-refractivity contribution in [1.29, 1.82) is 5.41 Å². The van der Waals surface area contributed by atoms with Gasteiger partial charge < -0.3 is 30.1 Å². The van der Waals surface area contributed by atoms with Gasteiger partial charge in [-0.25, -0.2) is 18.2 Å². The first-order valence-corrected chi connectivity index (χ1v) is 28.1. The van der Waals surface area contributed by atoms with E-state index in [1.807, 2.05) is 12.1 Å². The van der Waals surface area contributed by atoms with Gasteiger partial charge in [0.15, 0.2) is 0 Å². The Bertz CT molecular complexity index is 4130. The molecule has 0 spiro atoms. The molecule has 3 aromatic carbocycles. The number of rotatable bonds is 24. The van der Waals surface area contributed by atoms with Crippen LogP contribution in [0, 0.1) is 22.9 Å². The zero-order chi connectivity index (χ0) is 65.1. The number of halogens is 9. The number of allylic oxidation sites excluding steroid dienone is 1. The molecular weight excluding hydrogens is 1320 g/mol. The number of benzene rings is 3. The fourth-order valence-corrected chi connectivity index (χ4v) is 9.60. The summed E-state index contributed by atoms with van der Waals surface area (Å²) < 4.78 is 135. The minimum Gasteiger partial charge on any atom is -0.697 e. The van der Waals surface area contributed by atoms with Crippen molar-refractivity contribution in [2.75, 3.05) is 0 Å². The molecule has 14 nitrogen and oxygen atoms in total. The van der Waals surface area contributed by atoms with Crippen molar-refractivity contribution in [3.63, 3.8) is 0 Å². The third kappa shape index (κ3) is 19.9. The van der Waals surface area contributed by atoms with Crippen LogP contribution in [0.4, 0.5) is 39.5 Å². The molecule has 6 aromatic heterocycles. The number of carbonyl (C=O) groups is 3. The molecule has 0 atom stereocenters. The summed E-state index contributed by atoms with van der Waals surface area (Å²) >= 11 is 1.59. The van der Waals surface area contributed by atoms with Crippen molar-refractivity contribution in [1.82, 2.24) is 30.1 Å². The number of nitrogens with one attached hydrogen (secondary N) is 2. The van der Waals surface area contributed by atoms with Gasteiger partial charge in [-0.05, 0) is 169 Å². The molecule has 2 N–H and O–H groups in total. The van der Waals surface area contributed by atoms with Gasteiger partial charge in [0.1, 0.15) is 46.1 Å². The van der Waals surface area contributed by atoms with E-state index < -0.39 is 46.9 Å². The second-order valence-corrected chi connectivity index (χ2v) is 20.7. The van der Waals surface area contributed by atoms with Gasteiger partial charge in [0.25, 0.3) is 19.4 Å². The van der Waals surface area contributed by atoms with Gasteiger partial charge in [0.05, 0.1) is 28.5 Å². The van der Waals surface area contributed by atoms with Crippen molar-refractivity contribution in [2.45, 2.75) is 51.4 Å². The molecule has 92 heavy (non-hydrogen) atoms. The average Bonchev–Trinajstić information content (AvgIpc) is 1.19. The van der Waals surface area contributed by atoms with Gasteiger partial charge in [-0.1, -0.05) is 74.4 Å². The maximum atomic E-state index is 14.2. The Kier molecular flexibility index (Phi) is 24.4. The normalized spacial score (nSPS) is 12.2. The molecule has 0 aliphatic rings. The van der Waals surface area contributed by atoms with Crippen LogP contribution in [0.5, 0.6) is 0 Å². The van der Waals surface area contributed by atoms with Crippen LogP contribution >= 0.6 is 11.3 Å². The summed E-state index contributed by atoms with van der Waals surface area (Å²) in [6.07, 6.45) is 7.12. The van der Waals surface area contributed by atoms with E-state index in [0.29, 0.717) is 68.3 Å². The SMILES string of the molecule is CCCCCCc1ccc(/C=C/c2cc(/C([NH-])=C/C(=N)C(F)(F)F)nc(-c3cc(C(F)(F)F)n[n-]3)c2)s1.O=CO/C(=C/c1ccnc(-c2cc(/C=C(/OC=O)c3cccc(F)c3)cc(-c3cc(/C=C(/OC=O)c4cccc(F)c4)ccn3)n2)c1)c1cccc(F)c1.[Ru+2]. The second-order valence-electron chi connectivity index (χ2n) is 19.5. The molecule has 0 unspecified atom stereocenters. The van der Waals surface area contributed by atoms with E-state index in [1.165, 1.54) is 109 Å². The number of nitrogens with zero attached hydrogens (tertiary/aromatic N) is 6. The van der Waals surface area contributed by atoms with Crippen LogP contribution in [-0.4, -0.2) is 56.3 Å². The van der Waals surface area contributed by atoms with E-state index in [9.17, 15) is 53.9 Å². The number of hydrogen-bond donors (Lipinski definition) is 1. The van der Waals surface area contributed by atoms with Gasteiger partial charge in [0, 0.05) is 44.5 Å². The van der Waals surface area contributed by atoms with Crippen molar-refractivity contribution >= 4 is 89.8 Å². The van der Waals surface area contributed by atoms with E-state index in [1.54, 1.807) is 78.1 Å². The quantitative estimate of drug-likeness (QED) is 0.0114. The first kappa shape index (κ1) is 69.2. The molecule has 0 radical (unpaired) electrons. The molecule has 25 heteroatoms. The number of carbonyl (C=O) groups excluding carboxylic acids is 3. The second kappa shape index (κ2) is 32.5. The molecule has 0 saturated heterocycles. The molecular formula is C67H49F9N8O6RuS. The van der Waals surface area contributed by atoms with Crippen LogP contribution in [-0.2, 0) is 60.7 Å². The Morgan fingerprint density at radius 2 is 1.08 bits per heavy atom. The smallest absolute Gasteiger partial charge is 0.697 e.